The first kappa shape index (κ1) is 13.7. The van der Waals surface area contributed by atoms with E-state index >= 15 is 0 Å². The summed E-state index contributed by atoms with van der Waals surface area (Å²) in [5, 5.41) is 8.95. The molecule has 0 spiro atoms. The highest BCUT2D eigenvalue weighted by Gasteiger charge is 2.11. The van der Waals surface area contributed by atoms with Gasteiger partial charge in [0.2, 0.25) is 0 Å². The molecule has 0 aliphatic rings. The molecule has 1 aromatic rings. The summed E-state index contributed by atoms with van der Waals surface area (Å²) in [6.07, 6.45) is 0.510. The van der Waals surface area contributed by atoms with Gasteiger partial charge in [0, 0.05) is 6.42 Å². The second-order valence-electron chi connectivity index (χ2n) is 3.55. The molecule has 1 aromatic carbocycles. The molecule has 0 N–H and O–H groups in total. The Morgan fingerprint density at radius 2 is 2.00 bits per heavy atom. The third kappa shape index (κ3) is 3.32. The molecule has 0 radical (unpaired) electrons. The van der Waals surface area contributed by atoms with Gasteiger partial charge in [0.05, 0.1) is 31.4 Å². The normalized spacial score (nSPS) is 9.39. The van der Waals surface area contributed by atoms with Crippen LogP contribution < -0.4 is 0 Å². The monoisotopic (exact) mass is 247 g/mol. The summed E-state index contributed by atoms with van der Waals surface area (Å²) in [7, 11) is 2.59. The van der Waals surface area contributed by atoms with Gasteiger partial charge in [-0.05, 0) is 30.2 Å². The van der Waals surface area contributed by atoms with Gasteiger partial charge >= 0.3 is 11.9 Å². The lowest BCUT2D eigenvalue weighted by Gasteiger charge is -2.06. The van der Waals surface area contributed by atoms with Crippen LogP contribution >= 0.6 is 0 Å². The van der Waals surface area contributed by atoms with Gasteiger partial charge in [-0.1, -0.05) is 0 Å². The molecule has 5 nitrogen and oxygen atoms in total. The molecule has 0 atom stereocenters. The number of ether oxygens (including phenoxy) is 2. The average Bonchev–Trinajstić information content (AvgIpc) is 2.43. The van der Waals surface area contributed by atoms with Gasteiger partial charge in [0.1, 0.15) is 0 Å². The lowest BCUT2D eigenvalue weighted by Crippen LogP contribution is -2.06. The zero-order chi connectivity index (χ0) is 13.5. The summed E-state index contributed by atoms with van der Waals surface area (Å²) >= 11 is 0. The number of carbonyl (C=O) groups excluding carboxylic acids is 2. The fourth-order valence-corrected chi connectivity index (χ4v) is 1.49. The summed E-state index contributed by atoms with van der Waals surface area (Å²) in [6.45, 7) is 0. The highest BCUT2D eigenvalue weighted by atomic mass is 16.5. The number of methoxy groups -OCH3 is 2. The zero-order valence-electron chi connectivity index (χ0n) is 10.2. The van der Waals surface area contributed by atoms with Crippen molar-refractivity contribution in [2.45, 2.75) is 12.8 Å². The van der Waals surface area contributed by atoms with Crippen molar-refractivity contribution in [3.63, 3.8) is 0 Å². The smallest absolute Gasteiger partial charge is 0.337 e. The van der Waals surface area contributed by atoms with E-state index in [1.807, 2.05) is 6.07 Å². The van der Waals surface area contributed by atoms with Crippen LogP contribution in [0.1, 0.15) is 27.9 Å². The molecule has 0 fully saturated rings. The van der Waals surface area contributed by atoms with Crippen molar-refractivity contribution in [1.82, 2.24) is 0 Å². The third-order valence-corrected chi connectivity index (χ3v) is 2.47. The van der Waals surface area contributed by atoms with Crippen molar-refractivity contribution in [1.29, 1.82) is 5.26 Å². The van der Waals surface area contributed by atoms with Gasteiger partial charge in [-0.3, -0.25) is 4.79 Å². The summed E-state index contributed by atoms with van der Waals surface area (Å²) in [4.78, 5) is 22.4. The van der Waals surface area contributed by atoms with Gasteiger partial charge in [0.15, 0.2) is 0 Å². The number of benzene rings is 1. The number of rotatable bonds is 4. The van der Waals surface area contributed by atoms with Crippen molar-refractivity contribution in [3.8, 4) is 6.07 Å². The maximum atomic E-state index is 11.4. The van der Waals surface area contributed by atoms with Crippen molar-refractivity contribution < 1.29 is 19.1 Å². The minimum Gasteiger partial charge on any atom is -0.469 e. The molecule has 0 bridgehead atoms. The molecular formula is C13H13NO4. The SMILES string of the molecule is COC(=O)CCc1cc(C(=O)OC)ccc1C#N. The molecule has 0 saturated carbocycles. The molecule has 0 unspecified atom stereocenters. The molecule has 0 aliphatic heterocycles. The fourth-order valence-electron chi connectivity index (χ4n) is 1.49. The summed E-state index contributed by atoms with van der Waals surface area (Å²) in [5.41, 5.74) is 1.42. The standard InChI is InChI=1S/C13H13NO4/c1-17-12(15)6-5-9-7-10(13(16)18-2)3-4-11(9)8-14/h3-4,7H,5-6H2,1-2H3. The Morgan fingerprint density at radius 1 is 1.28 bits per heavy atom. The van der Waals surface area contributed by atoms with Crippen molar-refractivity contribution in [3.05, 3.63) is 34.9 Å². The highest BCUT2D eigenvalue weighted by Crippen LogP contribution is 2.14. The Kier molecular flexibility index (Phi) is 4.88. The molecule has 18 heavy (non-hydrogen) atoms. The number of nitriles is 1. The van der Waals surface area contributed by atoms with Gasteiger partial charge in [-0.25, -0.2) is 4.79 Å². The largest absolute Gasteiger partial charge is 0.469 e. The van der Waals surface area contributed by atoms with Crippen LogP contribution in [0.2, 0.25) is 0 Å². The second kappa shape index (κ2) is 6.40. The van der Waals surface area contributed by atoms with Gasteiger partial charge in [-0.2, -0.15) is 5.26 Å². The van der Waals surface area contributed by atoms with Crippen LogP contribution in [0.25, 0.3) is 0 Å². The lowest BCUT2D eigenvalue weighted by atomic mass is 10.0. The quantitative estimate of drug-likeness (QED) is 0.752. The average molecular weight is 247 g/mol. The molecule has 0 aromatic heterocycles. The molecule has 1 rings (SSSR count). The first-order valence-electron chi connectivity index (χ1n) is 5.30. The first-order chi connectivity index (χ1) is 8.62. The van der Waals surface area contributed by atoms with E-state index in [0.717, 1.165) is 0 Å². The van der Waals surface area contributed by atoms with E-state index in [9.17, 15) is 9.59 Å². The maximum absolute atomic E-state index is 11.4. The van der Waals surface area contributed by atoms with Crippen LogP contribution in [0.3, 0.4) is 0 Å². The predicted octanol–water partition coefficient (Wildman–Crippen LogP) is 1.45. The van der Waals surface area contributed by atoms with E-state index in [2.05, 4.69) is 9.47 Å². The number of nitrogens with zero attached hydrogens (tertiary/aromatic N) is 1. The zero-order valence-corrected chi connectivity index (χ0v) is 10.2. The highest BCUT2D eigenvalue weighted by molar-refractivity contribution is 5.89. The molecule has 5 heteroatoms. The third-order valence-electron chi connectivity index (χ3n) is 2.47. The van der Waals surface area contributed by atoms with Crippen LogP contribution in [0.5, 0.6) is 0 Å². The maximum Gasteiger partial charge on any atom is 0.337 e. The van der Waals surface area contributed by atoms with Gasteiger partial charge < -0.3 is 9.47 Å². The number of esters is 2. The number of carbonyl (C=O) groups is 2. The Bertz CT molecular complexity index is 502. The first-order valence-corrected chi connectivity index (χ1v) is 5.30. The van der Waals surface area contributed by atoms with Crippen molar-refractivity contribution in [2.24, 2.45) is 0 Å². The van der Waals surface area contributed by atoms with Crippen LogP contribution in [0, 0.1) is 11.3 Å². The topological polar surface area (TPSA) is 76.4 Å². The van der Waals surface area contributed by atoms with E-state index in [4.69, 9.17) is 5.26 Å². The van der Waals surface area contributed by atoms with E-state index in [1.54, 1.807) is 12.1 Å². The Balaban J connectivity index is 2.96. The van der Waals surface area contributed by atoms with Crippen molar-refractivity contribution >= 4 is 11.9 Å². The Labute approximate surface area is 105 Å². The number of aryl methyl sites for hydroxylation is 1. The molecule has 0 heterocycles. The molecule has 0 amide bonds. The lowest BCUT2D eigenvalue weighted by molar-refractivity contribution is -0.140. The van der Waals surface area contributed by atoms with Crippen LogP contribution in [0.15, 0.2) is 18.2 Å². The van der Waals surface area contributed by atoms with Gasteiger partial charge in [0.25, 0.3) is 0 Å². The number of hydrogen-bond acceptors (Lipinski definition) is 5. The minimum absolute atomic E-state index is 0.163. The predicted molar refractivity (Wildman–Crippen MR) is 62.8 cm³/mol. The summed E-state index contributed by atoms with van der Waals surface area (Å²) < 4.78 is 9.13. The van der Waals surface area contributed by atoms with E-state index in [-0.39, 0.29) is 12.4 Å². The van der Waals surface area contributed by atoms with E-state index < -0.39 is 5.97 Å². The second-order valence-corrected chi connectivity index (χ2v) is 3.55. The van der Waals surface area contributed by atoms with E-state index in [0.29, 0.717) is 23.1 Å². The summed E-state index contributed by atoms with van der Waals surface area (Å²) in [6, 6.07) is 6.64. The molecular weight excluding hydrogens is 234 g/mol. The van der Waals surface area contributed by atoms with Crippen LogP contribution in [-0.4, -0.2) is 26.2 Å². The van der Waals surface area contributed by atoms with Crippen LogP contribution in [0.4, 0.5) is 0 Å². The molecule has 94 valence electrons. The van der Waals surface area contributed by atoms with Gasteiger partial charge in [-0.15, -0.1) is 0 Å². The van der Waals surface area contributed by atoms with Crippen molar-refractivity contribution in [2.75, 3.05) is 14.2 Å². The Morgan fingerprint density at radius 3 is 2.56 bits per heavy atom. The molecule has 0 saturated heterocycles. The summed E-state index contributed by atoms with van der Waals surface area (Å²) in [5.74, 6) is -0.832. The fraction of sp³-hybridized carbons (Fsp3) is 0.308. The molecule has 0 aliphatic carbocycles. The minimum atomic E-state index is -0.473. The van der Waals surface area contributed by atoms with Crippen LogP contribution in [-0.2, 0) is 20.7 Å². The Hall–Kier alpha value is -2.35. The van der Waals surface area contributed by atoms with E-state index in [1.165, 1.54) is 20.3 Å². The number of hydrogen-bond donors (Lipinski definition) is 0.